The van der Waals surface area contributed by atoms with Gasteiger partial charge in [-0.15, -0.1) is 0 Å². The molecule has 1 aromatic carbocycles. The maximum absolute atomic E-state index is 12.4. The highest BCUT2D eigenvalue weighted by Crippen LogP contribution is 2.27. The predicted molar refractivity (Wildman–Crippen MR) is 102 cm³/mol. The van der Waals surface area contributed by atoms with E-state index in [2.05, 4.69) is 10.3 Å². The zero-order valence-electron chi connectivity index (χ0n) is 15.7. The number of aromatic hydroxyl groups is 2. The molecule has 0 aliphatic heterocycles. The van der Waals surface area contributed by atoms with Crippen molar-refractivity contribution in [3.8, 4) is 11.5 Å². The third kappa shape index (κ3) is 3.64. The van der Waals surface area contributed by atoms with E-state index in [4.69, 9.17) is 0 Å². The van der Waals surface area contributed by atoms with Gasteiger partial charge in [0.15, 0.2) is 22.7 Å². The Balaban J connectivity index is 1.58. The predicted octanol–water partition coefficient (Wildman–Crippen LogP) is -0.442. The average molecular weight is 389 g/mol. The topological polar surface area (TPSA) is 135 Å². The lowest BCUT2D eigenvalue weighted by molar-refractivity contribution is 0.174. The van der Waals surface area contributed by atoms with E-state index in [0.717, 1.165) is 4.57 Å². The van der Waals surface area contributed by atoms with Crippen LogP contribution in [0, 0.1) is 0 Å². The summed E-state index contributed by atoms with van der Waals surface area (Å²) in [5.74, 6) is -0.514. The first-order chi connectivity index (χ1) is 13.3. The van der Waals surface area contributed by atoms with Crippen molar-refractivity contribution >= 4 is 11.2 Å². The fourth-order valence-electron chi connectivity index (χ4n) is 3.05. The summed E-state index contributed by atoms with van der Waals surface area (Å²) in [4.78, 5) is 28.5. The fourth-order valence-corrected chi connectivity index (χ4v) is 3.05. The number of imidazole rings is 1. The highest BCUT2D eigenvalue weighted by atomic mass is 16.3. The van der Waals surface area contributed by atoms with Crippen molar-refractivity contribution in [3.63, 3.8) is 0 Å². The summed E-state index contributed by atoms with van der Waals surface area (Å²) in [6.07, 6.45) is 1.38. The molecular weight excluding hydrogens is 366 g/mol. The first kappa shape index (κ1) is 19.6. The number of aliphatic hydroxyl groups excluding tert-OH is 1. The van der Waals surface area contributed by atoms with Crippen LogP contribution < -0.4 is 16.6 Å². The number of fused-ring (bicyclic) bond motifs is 1. The van der Waals surface area contributed by atoms with Crippen molar-refractivity contribution < 1.29 is 15.3 Å². The third-order valence-corrected chi connectivity index (χ3v) is 4.69. The Bertz CT molecular complexity index is 1110. The summed E-state index contributed by atoms with van der Waals surface area (Å²) in [6, 6.07) is 4.18. The Morgan fingerprint density at radius 1 is 1.14 bits per heavy atom. The van der Waals surface area contributed by atoms with Crippen LogP contribution in [0.5, 0.6) is 11.5 Å². The lowest BCUT2D eigenvalue weighted by Crippen LogP contribution is -2.37. The maximum Gasteiger partial charge on any atom is 0.332 e. The number of phenolic OH excluding ortho intramolecular Hbond substituents is 2. The Kier molecular flexibility index (Phi) is 5.52. The minimum atomic E-state index is -0.831. The van der Waals surface area contributed by atoms with Crippen LogP contribution in [-0.2, 0) is 20.6 Å². The molecule has 0 saturated heterocycles. The summed E-state index contributed by atoms with van der Waals surface area (Å²) in [7, 11) is 3.01. The molecule has 0 radical (unpaired) electrons. The van der Waals surface area contributed by atoms with Gasteiger partial charge in [-0.3, -0.25) is 13.9 Å². The number of hydrogen-bond donors (Lipinski definition) is 4. The van der Waals surface area contributed by atoms with Crippen LogP contribution in [-0.4, -0.2) is 47.1 Å². The van der Waals surface area contributed by atoms with Crippen LogP contribution >= 0.6 is 0 Å². The van der Waals surface area contributed by atoms with Crippen molar-refractivity contribution in [1.29, 1.82) is 0 Å². The molecular formula is C18H23N5O5. The quantitative estimate of drug-likeness (QED) is 0.318. The summed E-state index contributed by atoms with van der Waals surface area (Å²) in [6.45, 7) is 1.37. The number of nitrogens with one attached hydrogen (secondary N) is 1. The smallest absolute Gasteiger partial charge is 0.332 e. The van der Waals surface area contributed by atoms with Gasteiger partial charge in [0, 0.05) is 27.2 Å². The molecule has 3 aromatic rings. The lowest BCUT2D eigenvalue weighted by Gasteiger charge is -2.13. The summed E-state index contributed by atoms with van der Waals surface area (Å²) in [5, 5.41) is 32.0. The molecule has 1 atom stereocenters. The SMILES string of the molecule is Cn1c(=O)c2c(ncn2CCCNC[C@@H](O)c2ccc(O)c(O)c2)n(C)c1=O. The Hall–Kier alpha value is -3.11. The number of hydrogen-bond acceptors (Lipinski definition) is 7. The monoisotopic (exact) mass is 389 g/mol. The molecule has 2 heterocycles. The first-order valence-electron chi connectivity index (χ1n) is 8.82. The number of nitrogens with zero attached hydrogens (tertiary/aromatic N) is 4. The minimum Gasteiger partial charge on any atom is -0.504 e. The second-order valence-electron chi connectivity index (χ2n) is 6.64. The molecule has 4 N–H and O–H groups in total. The normalized spacial score (nSPS) is 12.5. The zero-order valence-corrected chi connectivity index (χ0v) is 15.7. The Labute approximate surface area is 159 Å². The molecule has 0 amide bonds. The number of aryl methyl sites for hydroxylation is 2. The molecule has 150 valence electrons. The van der Waals surface area contributed by atoms with E-state index in [-0.39, 0.29) is 23.6 Å². The molecule has 28 heavy (non-hydrogen) atoms. The Morgan fingerprint density at radius 3 is 2.61 bits per heavy atom. The molecule has 0 aliphatic carbocycles. The first-order valence-corrected chi connectivity index (χ1v) is 8.82. The molecule has 0 saturated carbocycles. The fraction of sp³-hybridized carbons (Fsp3) is 0.389. The van der Waals surface area contributed by atoms with Crippen LogP contribution in [0.3, 0.4) is 0 Å². The minimum absolute atomic E-state index is 0.236. The van der Waals surface area contributed by atoms with E-state index >= 15 is 0 Å². The van der Waals surface area contributed by atoms with Gasteiger partial charge in [-0.1, -0.05) is 6.07 Å². The van der Waals surface area contributed by atoms with Crippen LogP contribution in [0.25, 0.3) is 11.2 Å². The van der Waals surface area contributed by atoms with Gasteiger partial charge >= 0.3 is 5.69 Å². The van der Waals surface area contributed by atoms with Gasteiger partial charge in [0.2, 0.25) is 0 Å². The van der Waals surface area contributed by atoms with Crippen molar-refractivity contribution in [1.82, 2.24) is 24.0 Å². The standard InChI is InChI=1S/C18H23N5O5/c1-21-16-15(17(27)22(2)18(21)28)23(10-20-16)7-3-6-19-9-14(26)11-4-5-12(24)13(25)8-11/h4-5,8,10,14,19,24-26H,3,6-7,9H2,1-2H3/t14-/m1/s1. The maximum atomic E-state index is 12.4. The van der Waals surface area contributed by atoms with Crippen LogP contribution in [0.2, 0.25) is 0 Å². The van der Waals surface area contributed by atoms with E-state index in [1.165, 1.54) is 23.7 Å². The van der Waals surface area contributed by atoms with Gasteiger partial charge in [0.1, 0.15) is 0 Å². The zero-order chi connectivity index (χ0) is 20.4. The van der Waals surface area contributed by atoms with Crippen molar-refractivity contribution in [2.24, 2.45) is 14.1 Å². The molecule has 2 aromatic heterocycles. The molecule has 10 nitrogen and oxygen atoms in total. The van der Waals surface area contributed by atoms with Crippen LogP contribution in [0.1, 0.15) is 18.1 Å². The van der Waals surface area contributed by atoms with Gasteiger partial charge in [0.25, 0.3) is 5.56 Å². The number of aromatic nitrogens is 4. The van der Waals surface area contributed by atoms with E-state index < -0.39 is 11.8 Å². The highest BCUT2D eigenvalue weighted by molar-refractivity contribution is 5.69. The van der Waals surface area contributed by atoms with Gasteiger partial charge in [0.05, 0.1) is 12.4 Å². The Morgan fingerprint density at radius 2 is 1.89 bits per heavy atom. The van der Waals surface area contributed by atoms with Crippen molar-refractivity contribution in [2.75, 3.05) is 13.1 Å². The number of aliphatic hydroxyl groups is 1. The van der Waals surface area contributed by atoms with E-state index in [9.17, 15) is 24.9 Å². The molecule has 0 fully saturated rings. The lowest BCUT2D eigenvalue weighted by atomic mass is 10.1. The second-order valence-corrected chi connectivity index (χ2v) is 6.64. The van der Waals surface area contributed by atoms with Gasteiger partial charge < -0.3 is 25.2 Å². The van der Waals surface area contributed by atoms with Crippen molar-refractivity contribution in [2.45, 2.75) is 19.1 Å². The number of benzene rings is 1. The molecule has 0 aliphatic rings. The molecule has 10 heteroatoms. The highest BCUT2D eigenvalue weighted by Gasteiger charge is 2.14. The van der Waals surface area contributed by atoms with E-state index in [0.29, 0.717) is 36.2 Å². The summed E-state index contributed by atoms with van der Waals surface area (Å²) in [5.41, 5.74) is 0.422. The van der Waals surface area contributed by atoms with Crippen LogP contribution in [0.15, 0.2) is 34.1 Å². The van der Waals surface area contributed by atoms with Crippen molar-refractivity contribution in [3.05, 3.63) is 50.9 Å². The van der Waals surface area contributed by atoms with Crippen LogP contribution in [0.4, 0.5) is 0 Å². The summed E-state index contributed by atoms with van der Waals surface area (Å²) < 4.78 is 4.12. The van der Waals surface area contributed by atoms with E-state index in [1.54, 1.807) is 24.0 Å². The number of phenols is 2. The molecule has 0 unspecified atom stereocenters. The molecule has 0 bridgehead atoms. The van der Waals surface area contributed by atoms with Gasteiger partial charge in [-0.2, -0.15) is 0 Å². The average Bonchev–Trinajstić information content (AvgIpc) is 3.10. The molecule has 3 rings (SSSR count). The number of rotatable bonds is 7. The van der Waals surface area contributed by atoms with E-state index in [1.807, 2.05) is 0 Å². The van der Waals surface area contributed by atoms with Gasteiger partial charge in [-0.25, -0.2) is 9.78 Å². The van der Waals surface area contributed by atoms with Gasteiger partial charge in [-0.05, 0) is 30.7 Å². The summed E-state index contributed by atoms with van der Waals surface area (Å²) >= 11 is 0. The second kappa shape index (κ2) is 7.87. The largest absolute Gasteiger partial charge is 0.504 e. The molecule has 0 spiro atoms. The third-order valence-electron chi connectivity index (χ3n) is 4.69.